The van der Waals surface area contributed by atoms with Gasteiger partial charge in [0, 0.05) is 12.2 Å². The van der Waals surface area contributed by atoms with Crippen molar-refractivity contribution >= 4 is 28.3 Å². The van der Waals surface area contributed by atoms with Gasteiger partial charge < -0.3 is 15.2 Å². The summed E-state index contributed by atoms with van der Waals surface area (Å²) in [5, 5.41) is 13.1. The molecule has 0 spiro atoms. The van der Waals surface area contributed by atoms with E-state index >= 15 is 0 Å². The van der Waals surface area contributed by atoms with E-state index in [4.69, 9.17) is 4.74 Å². The van der Waals surface area contributed by atoms with Crippen LogP contribution in [-0.2, 0) is 6.54 Å². The van der Waals surface area contributed by atoms with Gasteiger partial charge in [0.15, 0.2) is 11.5 Å². The molecule has 0 saturated heterocycles. The molecule has 0 aliphatic rings. The van der Waals surface area contributed by atoms with Gasteiger partial charge >= 0.3 is 0 Å². The molecule has 0 aliphatic carbocycles. The van der Waals surface area contributed by atoms with Gasteiger partial charge in [-0.05, 0) is 59.3 Å². The van der Waals surface area contributed by atoms with Crippen molar-refractivity contribution in [3.05, 3.63) is 51.1 Å². The summed E-state index contributed by atoms with van der Waals surface area (Å²) in [4.78, 5) is 0. The van der Waals surface area contributed by atoms with E-state index in [9.17, 15) is 5.11 Å². The summed E-state index contributed by atoms with van der Waals surface area (Å²) in [7, 11) is 1.56. The van der Waals surface area contributed by atoms with Crippen LogP contribution in [0, 0.1) is 10.5 Å². The summed E-state index contributed by atoms with van der Waals surface area (Å²) < 4.78 is 5.94. The van der Waals surface area contributed by atoms with Crippen LogP contribution in [0.2, 0.25) is 0 Å². The Morgan fingerprint density at radius 1 is 1.21 bits per heavy atom. The maximum atomic E-state index is 9.78. The number of methoxy groups -OCH3 is 1. The molecule has 0 aromatic heterocycles. The van der Waals surface area contributed by atoms with Gasteiger partial charge in [-0.2, -0.15) is 0 Å². The maximum absolute atomic E-state index is 9.78. The molecule has 2 N–H and O–H groups in total. The zero-order valence-electron chi connectivity index (χ0n) is 10.9. The highest BCUT2D eigenvalue weighted by Gasteiger charge is 2.08. The molecule has 2 rings (SSSR count). The Hall–Kier alpha value is -1.43. The van der Waals surface area contributed by atoms with Gasteiger partial charge in [0.05, 0.1) is 10.7 Å². The Kier molecular flexibility index (Phi) is 4.52. The fraction of sp³-hybridized carbons (Fsp3) is 0.200. The number of hydrogen-bond acceptors (Lipinski definition) is 3. The molecule has 0 fully saturated rings. The molecule has 0 aliphatic heterocycles. The van der Waals surface area contributed by atoms with Crippen molar-refractivity contribution in [3.8, 4) is 11.5 Å². The second kappa shape index (κ2) is 6.14. The highest BCUT2D eigenvalue weighted by molar-refractivity contribution is 14.1. The van der Waals surface area contributed by atoms with Gasteiger partial charge in [-0.25, -0.2) is 0 Å². The van der Waals surface area contributed by atoms with Crippen molar-refractivity contribution in [2.24, 2.45) is 0 Å². The van der Waals surface area contributed by atoms with Crippen LogP contribution < -0.4 is 10.1 Å². The molecule has 0 radical (unpaired) electrons. The Balaban J connectivity index is 2.11. The Morgan fingerprint density at radius 2 is 1.89 bits per heavy atom. The molecule has 2 aromatic rings. The van der Waals surface area contributed by atoms with Crippen LogP contribution in [0.1, 0.15) is 11.1 Å². The van der Waals surface area contributed by atoms with Crippen LogP contribution in [0.15, 0.2) is 36.4 Å². The van der Waals surface area contributed by atoms with E-state index < -0.39 is 0 Å². The minimum absolute atomic E-state index is 0.196. The summed E-state index contributed by atoms with van der Waals surface area (Å²) in [6, 6.07) is 12.0. The Bertz CT molecular complexity index is 567. The van der Waals surface area contributed by atoms with Crippen molar-refractivity contribution < 1.29 is 9.84 Å². The molecular formula is C15H16INO2. The summed E-state index contributed by atoms with van der Waals surface area (Å²) in [6.07, 6.45) is 0. The van der Waals surface area contributed by atoms with E-state index in [1.807, 2.05) is 12.1 Å². The SMILES string of the molecule is COc1cc(CNc2ccc(C)cc2)cc(I)c1O. The van der Waals surface area contributed by atoms with Crippen molar-refractivity contribution in [1.82, 2.24) is 0 Å². The molecule has 0 unspecified atom stereocenters. The second-order valence-corrected chi connectivity index (χ2v) is 5.51. The van der Waals surface area contributed by atoms with E-state index in [2.05, 4.69) is 59.1 Å². The number of hydrogen-bond donors (Lipinski definition) is 2. The third-order valence-electron chi connectivity index (χ3n) is 2.86. The minimum Gasteiger partial charge on any atom is -0.504 e. The molecule has 4 heteroatoms. The largest absolute Gasteiger partial charge is 0.504 e. The fourth-order valence-corrected chi connectivity index (χ4v) is 2.43. The Morgan fingerprint density at radius 3 is 2.53 bits per heavy atom. The molecule has 0 amide bonds. The van der Waals surface area contributed by atoms with Crippen LogP contribution in [0.5, 0.6) is 11.5 Å². The van der Waals surface area contributed by atoms with Crippen LogP contribution in [-0.4, -0.2) is 12.2 Å². The average molecular weight is 369 g/mol. The van der Waals surface area contributed by atoms with Crippen LogP contribution in [0.3, 0.4) is 0 Å². The zero-order chi connectivity index (χ0) is 13.8. The predicted octanol–water partition coefficient (Wildman–Crippen LogP) is 3.93. The smallest absolute Gasteiger partial charge is 0.171 e. The third-order valence-corrected chi connectivity index (χ3v) is 3.68. The lowest BCUT2D eigenvalue weighted by molar-refractivity contribution is 0.371. The number of rotatable bonds is 4. The first-order valence-corrected chi connectivity index (χ1v) is 7.04. The van der Waals surface area contributed by atoms with Gasteiger partial charge in [-0.3, -0.25) is 0 Å². The van der Waals surface area contributed by atoms with E-state index in [-0.39, 0.29) is 5.75 Å². The number of aromatic hydroxyl groups is 1. The summed E-state index contributed by atoms with van der Waals surface area (Å²) in [5.41, 5.74) is 3.39. The molecule has 0 heterocycles. The molecule has 100 valence electrons. The number of aryl methyl sites for hydroxylation is 1. The van der Waals surface area contributed by atoms with Crippen molar-refractivity contribution in [1.29, 1.82) is 0 Å². The van der Waals surface area contributed by atoms with E-state index in [0.717, 1.165) is 14.8 Å². The average Bonchev–Trinajstić information content (AvgIpc) is 2.41. The van der Waals surface area contributed by atoms with Gasteiger partial charge in [0.25, 0.3) is 0 Å². The van der Waals surface area contributed by atoms with Crippen molar-refractivity contribution in [2.75, 3.05) is 12.4 Å². The normalized spacial score (nSPS) is 10.3. The Labute approximate surface area is 126 Å². The molecule has 0 bridgehead atoms. The van der Waals surface area contributed by atoms with Crippen LogP contribution in [0.4, 0.5) is 5.69 Å². The number of ether oxygens (including phenoxy) is 1. The summed E-state index contributed by atoms with van der Waals surface area (Å²) >= 11 is 2.10. The maximum Gasteiger partial charge on any atom is 0.171 e. The fourth-order valence-electron chi connectivity index (χ4n) is 1.76. The van der Waals surface area contributed by atoms with Gasteiger partial charge in [-0.15, -0.1) is 0 Å². The summed E-state index contributed by atoms with van der Waals surface area (Å²) in [6.45, 7) is 2.76. The predicted molar refractivity (Wildman–Crippen MR) is 85.9 cm³/mol. The zero-order valence-corrected chi connectivity index (χ0v) is 13.1. The lowest BCUT2D eigenvalue weighted by atomic mass is 10.2. The van der Waals surface area contributed by atoms with E-state index in [1.54, 1.807) is 7.11 Å². The highest BCUT2D eigenvalue weighted by atomic mass is 127. The van der Waals surface area contributed by atoms with Gasteiger partial charge in [-0.1, -0.05) is 17.7 Å². The molecule has 0 atom stereocenters. The first kappa shape index (κ1) is 14.0. The molecule has 0 saturated carbocycles. The highest BCUT2D eigenvalue weighted by Crippen LogP contribution is 2.32. The van der Waals surface area contributed by atoms with E-state index in [0.29, 0.717) is 12.3 Å². The molecule has 3 nitrogen and oxygen atoms in total. The molecular weight excluding hydrogens is 353 g/mol. The second-order valence-electron chi connectivity index (χ2n) is 4.35. The van der Waals surface area contributed by atoms with Crippen molar-refractivity contribution in [2.45, 2.75) is 13.5 Å². The lowest BCUT2D eigenvalue weighted by Crippen LogP contribution is -2.00. The first-order chi connectivity index (χ1) is 9.10. The number of benzene rings is 2. The number of phenols is 1. The quantitative estimate of drug-likeness (QED) is 0.803. The molecule has 19 heavy (non-hydrogen) atoms. The topological polar surface area (TPSA) is 41.5 Å². The lowest BCUT2D eigenvalue weighted by Gasteiger charge is -2.11. The monoisotopic (exact) mass is 369 g/mol. The van der Waals surface area contributed by atoms with Crippen molar-refractivity contribution in [3.63, 3.8) is 0 Å². The molecule has 2 aromatic carbocycles. The first-order valence-electron chi connectivity index (χ1n) is 5.96. The number of halogens is 1. The number of nitrogens with one attached hydrogen (secondary N) is 1. The number of phenolic OH excluding ortho intramolecular Hbond substituents is 1. The van der Waals surface area contributed by atoms with E-state index in [1.165, 1.54) is 5.56 Å². The third kappa shape index (κ3) is 3.53. The minimum atomic E-state index is 0.196. The van der Waals surface area contributed by atoms with Gasteiger partial charge in [0.2, 0.25) is 0 Å². The standard InChI is InChI=1S/C15H16INO2/c1-10-3-5-12(6-4-10)17-9-11-7-13(16)15(18)14(8-11)19-2/h3-8,17-18H,9H2,1-2H3. The van der Waals surface area contributed by atoms with Crippen LogP contribution >= 0.6 is 22.6 Å². The van der Waals surface area contributed by atoms with Crippen LogP contribution in [0.25, 0.3) is 0 Å². The van der Waals surface area contributed by atoms with Gasteiger partial charge in [0.1, 0.15) is 0 Å². The number of anilines is 1. The summed E-state index contributed by atoms with van der Waals surface area (Å²) in [5.74, 6) is 0.704.